The van der Waals surface area contributed by atoms with E-state index in [1.807, 2.05) is 32.3 Å². The second-order valence-electron chi connectivity index (χ2n) is 2.79. The molecule has 0 aliphatic heterocycles. The number of nitrogens with one attached hydrogen (secondary N) is 1. The van der Waals surface area contributed by atoms with Crippen LogP contribution in [0.4, 0.5) is 0 Å². The molecule has 0 unspecified atom stereocenters. The molecule has 0 aromatic heterocycles. The minimum absolute atomic E-state index is 0.841. The Balaban J connectivity index is 3.96. The molecule has 0 aliphatic rings. The summed E-state index contributed by atoms with van der Waals surface area (Å²) in [5, 5.41) is 2.93. The Morgan fingerprint density at radius 3 is 2.69 bits per heavy atom. The van der Waals surface area contributed by atoms with E-state index in [2.05, 4.69) is 18.0 Å². The lowest BCUT2D eigenvalue weighted by atomic mass is 10.1. The van der Waals surface area contributed by atoms with Gasteiger partial charge in [-0.3, -0.25) is 0 Å². The second kappa shape index (κ2) is 7.22. The summed E-state index contributed by atoms with van der Waals surface area (Å²) in [4.78, 5) is 0. The second-order valence-corrected chi connectivity index (χ2v) is 2.79. The van der Waals surface area contributed by atoms with Gasteiger partial charge in [0.05, 0.1) is 0 Å². The molecule has 2 nitrogen and oxygen atoms in total. The van der Waals surface area contributed by atoms with Crippen LogP contribution in [0.25, 0.3) is 0 Å². The SMILES string of the molecule is C=C(/C=C\N)C/C=C(C)\C=C/NC. The first-order valence-corrected chi connectivity index (χ1v) is 4.27. The number of allylic oxidation sites excluding steroid dienone is 5. The van der Waals surface area contributed by atoms with Gasteiger partial charge in [0, 0.05) is 7.05 Å². The summed E-state index contributed by atoms with van der Waals surface area (Å²) in [6, 6.07) is 0. The van der Waals surface area contributed by atoms with Crippen LogP contribution in [0.2, 0.25) is 0 Å². The third-order valence-electron chi connectivity index (χ3n) is 1.53. The van der Waals surface area contributed by atoms with E-state index in [4.69, 9.17) is 5.73 Å². The van der Waals surface area contributed by atoms with E-state index in [9.17, 15) is 0 Å². The van der Waals surface area contributed by atoms with Gasteiger partial charge in [-0.1, -0.05) is 18.2 Å². The molecule has 0 atom stereocenters. The zero-order valence-corrected chi connectivity index (χ0v) is 8.38. The summed E-state index contributed by atoms with van der Waals surface area (Å²) >= 11 is 0. The van der Waals surface area contributed by atoms with Crippen LogP contribution < -0.4 is 11.1 Å². The van der Waals surface area contributed by atoms with Crippen LogP contribution in [0, 0.1) is 0 Å². The van der Waals surface area contributed by atoms with Crippen molar-refractivity contribution < 1.29 is 0 Å². The van der Waals surface area contributed by atoms with Gasteiger partial charge in [-0.25, -0.2) is 0 Å². The van der Waals surface area contributed by atoms with Gasteiger partial charge in [0.1, 0.15) is 0 Å². The van der Waals surface area contributed by atoms with Crippen LogP contribution in [0.5, 0.6) is 0 Å². The van der Waals surface area contributed by atoms with Gasteiger partial charge in [-0.2, -0.15) is 0 Å². The highest BCUT2D eigenvalue weighted by Crippen LogP contribution is 2.04. The molecule has 0 aromatic carbocycles. The Hall–Kier alpha value is -1.44. The molecule has 0 saturated carbocycles. The van der Waals surface area contributed by atoms with Crippen LogP contribution in [0.15, 0.2) is 48.4 Å². The Morgan fingerprint density at radius 2 is 2.15 bits per heavy atom. The Morgan fingerprint density at radius 1 is 1.46 bits per heavy atom. The summed E-state index contributed by atoms with van der Waals surface area (Å²) in [5.41, 5.74) is 7.45. The Labute approximate surface area is 80.5 Å². The maximum absolute atomic E-state index is 5.23. The van der Waals surface area contributed by atoms with Crippen LogP contribution >= 0.6 is 0 Å². The maximum atomic E-state index is 5.23. The fraction of sp³-hybridized carbons (Fsp3) is 0.273. The zero-order valence-electron chi connectivity index (χ0n) is 8.38. The quantitative estimate of drug-likeness (QED) is 0.633. The van der Waals surface area contributed by atoms with Crippen molar-refractivity contribution in [1.29, 1.82) is 0 Å². The largest absolute Gasteiger partial charge is 0.405 e. The Bertz CT molecular complexity index is 234. The molecule has 0 saturated heterocycles. The van der Waals surface area contributed by atoms with Gasteiger partial charge < -0.3 is 11.1 Å². The topological polar surface area (TPSA) is 38.0 Å². The van der Waals surface area contributed by atoms with Crippen LogP contribution in [-0.4, -0.2) is 7.05 Å². The van der Waals surface area contributed by atoms with E-state index in [0.717, 1.165) is 12.0 Å². The van der Waals surface area contributed by atoms with Crippen molar-refractivity contribution in [1.82, 2.24) is 5.32 Å². The van der Waals surface area contributed by atoms with E-state index >= 15 is 0 Å². The molecule has 0 amide bonds. The summed E-state index contributed by atoms with van der Waals surface area (Å²) < 4.78 is 0. The molecule has 0 aromatic rings. The van der Waals surface area contributed by atoms with Crippen molar-refractivity contribution in [3.8, 4) is 0 Å². The predicted molar refractivity (Wildman–Crippen MR) is 59.0 cm³/mol. The van der Waals surface area contributed by atoms with Gasteiger partial charge in [0.15, 0.2) is 0 Å². The highest BCUT2D eigenvalue weighted by atomic mass is 14.8. The van der Waals surface area contributed by atoms with Crippen molar-refractivity contribution in [2.24, 2.45) is 5.73 Å². The first kappa shape index (κ1) is 11.6. The van der Waals surface area contributed by atoms with Crippen molar-refractivity contribution in [3.63, 3.8) is 0 Å². The summed E-state index contributed by atoms with van der Waals surface area (Å²) in [7, 11) is 1.87. The molecule has 0 spiro atoms. The molecule has 2 heteroatoms. The van der Waals surface area contributed by atoms with Gasteiger partial charge >= 0.3 is 0 Å². The average Bonchev–Trinajstić information content (AvgIpc) is 2.12. The van der Waals surface area contributed by atoms with E-state index in [1.165, 1.54) is 11.8 Å². The number of nitrogens with two attached hydrogens (primary N) is 1. The molecule has 72 valence electrons. The lowest BCUT2D eigenvalue weighted by Gasteiger charge is -1.95. The number of hydrogen-bond donors (Lipinski definition) is 2. The first-order valence-electron chi connectivity index (χ1n) is 4.27. The third-order valence-corrected chi connectivity index (χ3v) is 1.53. The van der Waals surface area contributed by atoms with Crippen LogP contribution in [0.3, 0.4) is 0 Å². The molecular weight excluding hydrogens is 160 g/mol. The predicted octanol–water partition coefficient (Wildman–Crippen LogP) is 2.08. The van der Waals surface area contributed by atoms with Crippen molar-refractivity contribution in [2.45, 2.75) is 13.3 Å². The van der Waals surface area contributed by atoms with Crippen molar-refractivity contribution >= 4 is 0 Å². The zero-order chi connectivity index (χ0) is 10.1. The molecule has 3 N–H and O–H groups in total. The number of hydrogen-bond acceptors (Lipinski definition) is 2. The highest BCUT2D eigenvalue weighted by Gasteiger charge is 1.85. The molecule has 0 aliphatic carbocycles. The molecule has 13 heavy (non-hydrogen) atoms. The number of rotatable bonds is 5. The fourth-order valence-corrected chi connectivity index (χ4v) is 0.779. The average molecular weight is 178 g/mol. The van der Waals surface area contributed by atoms with E-state index < -0.39 is 0 Å². The highest BCUT2D eigenvalue weighted by molar-refractivity contribution is 5.22. The normalized spacial score (nSPS) is 12.6. The van der Waals surface area contributed by atoms with Crippen LogP contribution in [-0.2, 0) is 0 Å². The molecule has 0 heterocycles. The minimum atomic E-state index is 0.841. The van der Waals surface area contributed by atoms with Crippen molar-refractivity contribution in [3.05, 3.63) is 48.4 Å². The molecule has 0 bridgehead atoms. The van der Waals surface area contributed by atoms with Gasteiger partial charge in [-0.15, -0.1) is 0 Å². The molecule has 0 radical (unpaired) electrons. The van der Waals surface area contributed by atoms with Crippen LogP contribution in [0.1, 0.15) is 13.3 Å². The summed E-state index contributed by atoms with van der Waals surface area (Å²) in [6.07, 6.45) is 10.2. The lowest BCUT2D eigenvalue weighted by molar-refractivity contribution is 1.10. The van der Waals surface area contributed by atoms with Gasteiger partial charge in [0.25, 0.3) is 0 Å². The molecule has 0 rings (SSSR count). The minimum Gasteiger partial charge on any atom is -0.405 e. The first-order chi connectivity index (χ1) is 6.20. The summed E-state index contributed by atoms with van der Waals surface area (Å²) in [5.74, 6) is 0. The van der Waals surface area contributed by atoms with Gasteiger partial charge in [0.2, 0.25) is 0 Å². The lowest BCUT2D eigenvalue weighted by Crippen LogP contribution is -1.90. The maximum Gasteiger partial charge on any atom is 0.00277 e. The van der Waals surface area contributed by atoms with E-state index in [0.29, 0.717) is 0 Å². The Kier molecular flexibility index (Phi) is 6.42. The summed E-state index contributed by atoms with van der Waals surface area (Å²) in [6.45, 7) is 5.89. The fourth-order valence-electron chi connectivity index (χ4n) is 0.779. The van der Waals surface area contributed by atoms with E-state index in [1.54, 1.807) is 0 Å². The monoisotopic (exact) mass is 178 g/mol. The van der Waals surface area contributed by atoms with Crippen molar-refractivity contribution in [2.75, 3.05) is 7.05 Å². The molecular formula is C11H18N2. The smallest absolute Gasteiger partial charge is 0.00277 e. The standard InChI is InChI=1S/C11H18N2/c1-10(6-8-12)4-5-11(2)7-9-13-3/h5-9,13H,1,4,12H2,2-3H3/b8-6-,9-7-,11-5-. The molecule has 0 fully saturated rings. The van der Waals surface area contributed by atoms with Gasteiger partial charge in [-0.05, 0) is 43.5 Å². The third kappa shape index (κ3) is 6.94. The van der Waals surface area contributed by atoms with E-state index in [-0.39, 0.29) is 0 Å².